The van der Waals surface area contributed by atoms with Crippen LogP contribution in [0.15, 0.2) is 34.2 Å². The Hall–Kier alpha value is -2.07. The smallest absolute Gasteiger partial charge is 0.359 e. The summed E-state index contributed by atoms with van der Waals surface area (Å²) in [4.78, 5) is 6.21. The number of rotatable bonds is 3. The fourth-order valence-electron chi connectivity index (χ4n) is 2.26. The molecule has 0 fully saturated rings. The van der Waals surface area contributed by atoms with E-state index < -0.39 is 21.8 Å². The summed E-state index contributed by atoms with van der Waals surface area (Å²) in [7, 11) is -3.94. The highest BCUT2D eigenvalue weighted by molar-refractivity contribution is 7.94. The van der Waals surface area contributed by atoms with Gasteiger partial charge in [0.2, 0.25) is 4.34 Å². The highest BCUT2D eigenvalue weighted by Crippen LogP contribution is 2.39. The van der Waals surface area contributed by atoms with Crippen LogP contribution in [0.25, 0.3) is 10.9 Å². The standard InChI is InChI=1S/C13H10F3N3O2S2/c1-7-2-3-9(19-23(20,21)12-17-4-5-22-12)11-10(7)8(6-18-11)13(14,15)16/h2-6,18-19H,1H3. The molecule has 0 saturated heterocycles. The van der Waals surface area contributed by atoms with Crippen molar-refractivity contribution in [3.8, 4) is 0 Å². The van der Waals surface area contributed by atoms with Crippen molar-refractivity contribution in [1.29, 1.82) is 0 Å². The van der Waals surface area contributed by atoms with E-state index in [4.69, 9.17) is 0 Å². The van der Waals surface area contributed by atoms with Gasteiger partial charge in [-0.3, -0.25) is 4.72 Å². The zero-order valence-electron chi connectivity index (χ0n) is 11.6. The van der Waals surface area contributed by atoms with Crippen molar-refractivity contribution in [1.82, 2.24) is 9.97 Å². The molecule has 0 radical (unpaired) electrons. The summed E-state index contributed by atoms with van der Waals surface area (Å²) in [6, 6.07) is 2.85. The number of aromatic nitrogens is 2. The first-order valence-electron chi connectivity index (χ1n) is 6.30. The average molecular weight is 361 g/mol. The molecule has 0 spiro atoms. The van der Waals surface area contributed by atoms with E-state index in [1.807, 2.05) is 0 Å². The zero-order chi connectivity index (χ0) is 16.8. The second-order valence-corrected chi connectivity index (χ2v) is 7.53. The van der Waals surface area contributed by atoms with Crippen LogP contribution in [0, 0.1) is 6.92 Å². The summed E-state index contributed by atoms with van der Waals surface area (Å²) in [5.41, 5.74) is -0.320. The van der Waals surface area contributed by atoms with Crippen LogP contribution >= 0.6 is 11.3 Å². The predicted molar refractivity (Wildman–Crippen MR) is 81.0 cm³/mol. The zero-order valence-corrected chi connectivity index (χ0v) is 13.2. The summed E-state index contributed by atoms with van der Waals surface area (Å²) in [5, 5.41) is 1.44. The Kier molecular flexibility index (Phi) is 3.60. The monoisotopic (exact) mass is 361 g/mol. The molecule has 2 aromatic heterocycles. The van der Waals surface area contributed by atoms with E-state index >= 15 is 0 Å². The van der Waals surface area contributed by atoms with Gasteiger partial charge in [-0.25, -0.2) is 4.98 Å². The van der Waals surface area contributed by atoms with E-state index in [1.54, 1.807) is 0 Å². The summed E-state index contributed by atoms with van der Waals surface area (Å²) in [5.74, 6) is 0. The number of nitrogens with one attached hydrogen (secondary N) is 2. The molecular formula is C13H10F3N3O2S2. The largest absolute Gasteiger partial charge is 0.418 e. The van der Waals surface area contributed by atoms with E-state index in [9.17, 15) is 21.6 Å². The number of aromatic amines is 1. The van der Waals surface area contributed by atoms with Crippen molar-refractivity contribution in [2.24, 2.45) is 0 Å². The highest BCUT2D eigenvalue weighted by atomic mass is 32.2. The maximum absolute atomic E-state index is 13.1. The lowest BCUT2D eigenvalue weighted by molar-refractivity contribution is -0.136. The van der Waals surface area contributed by atoms with E-state index in [0.29, 0.717) is 5.56 Å². The SMILES string of the molecule is Cc1ccc(NS(=O)(=O)c2nccs2)c2[nH]cc(C(F)(F)F)c12. The molecule has 0 bridgehead atoms. The van der Waals surface area contributed by atoms with Gasteiger partial charge in [0.05, 0.1) is 16.8 Å². The number of benzene rings is 1. The van der Waals surface area contributed by atoms with Crippen LogP contribution in [0.3, 0.4) is 0 Å². The number of sulfonamides is 1. The van der Waals surface area contributed by atoms with Crippen LogP contribution in [-0.2, 0) is 16.2 Å². The maximum atomic E-state index is 13.1. The van der Waals surface area contributed by atoms with Crippen molar-refractivity contribution in [3.63, 3.8) is 0 Å². The lowest BCUT2D eigenvalue weighted by Gasteiger charge is -2.10. The normalized spacial score (nSPS) is 12.7. The Bertz CT molecular complexity index is 960. The van der Waals surface area contributed by atoms with Crippen LogP contribution in [0.5, 0.6) is 0 Å². The molecule has 122 valence electrons. The summed E-state index contributed by atoms with van der Waals surface area (Å²) >= 11 is 0.915. The van der Waals surface area contributed by atoms with Gasteiger partial charge in [-0.05, 0) is 18.6 Å². The number of fused-ring (bicyclic) bond motifs is 1. The van der Waals surface area contributed by atoms with E-state index in [-0.39, 0.29) is 20.9 Å². The molecule has 0 amide bonds. The first-order chi connectivity index (χ1) is 10.7. The van der Waals surface area contributed by atoms with Crippen molar-refractivity contribution >= 4 is 38.0 Å². The average Bonchev–Trinajstić information content (AvgIpc) is 3.09. The quantitative estimate of drug-likeness (QED) is 0.746. The van der Waals surface area contributed by atoms with Crippen molar-refractivity contribution < 1.29 is 21.6 Å². The maximum Gasteiger partial charge on any atom is 0.418 e. The van der Waals surface area contributed by atoms with Gasteiger partial charge in [0.15, 0.2) is 0 Å². The fraction of sp³-hybridized carbons (Fsp3) is 0.154. The summed E-state index contributed by atoms with van der Waals surface area (Å²) in [6.45, 7) is 1.53. The molecule has 1 aromatic carbocycles. The Labute approximate surface area is 133 Å². The fourth-order valence-corrected chi connectivity index (χ4v) is 4.17. The number of halogens is 3. The van der Waals surface area contributed by atoms with Gasteiger partial charge >= 0.3 is 6.18 Å². The van der Waals surface area contributed by atoms with E-state index in [1.165, 1.54) is 30.6 Å². The third-order valence-electron chi connectivity index (χ3n) is 3.23. The number of aryl methyl sites for hydroxylation is 1. The van der Waals surface area contributed by atoms with E-state index in [2.05, 4.69) is 14.7 Å². The molecular weight excluding hydrogens is 351 g/mol. The van der Waals surface area contributed by atoms with Gasteiger partial charge < -0.3 is 4.98 Å². The first kappa shape index (κ1) is 15.8. The molecule has 3 aromatic rings. The number of anilines is 1. The molecule has 2 heterocycles. The lowest BCUT2D eigenvalue weighted by atomic mass is 10.1. The lowest BCUT2D eigenvalue weighted by Crippen LogP contribution is -2.13. The molecule has 2 N–H and O–H groups in total. The molecule has 10 heteroatoms. The number of thiazole rings is 1. The number of H-pyrrole nitrogens is 1. The minimum atomic E-state index is -4.53. The van der Waals surface area contributed by atoms with Gasteiger partial charge in [-0.2, -0.15) is 21.6 Å². The van der Waals surface area contributed by atoms with Gasteiger partial charge in [0, 0.05) is 23.2 Å². The molecule has 0 aliphatic heterocycles. The van der Waals surface area contributed by atoms with Crippen LogP contribution in [0.1, 0.15) is 11.1 Å². The molecule has 0 unspecified atom stereocenters. The minimum absolute atomic E-state index is 0.0382. The topological polar surface area (TPSA) is 74.8 Å². The molecule has 0 saturated carbocycles. The number of hydrogen-bond acceptors (Lipinski definition) is 4. The summed E-state index contributed by atoms with van der Waals surface area (Å²) in [6.07, 6.45) is -2.37. The van der Waals surface area contributed by atoms with Crippen LogP contribution < -0.4 is 4.72 Å². The van der Waals surface area contributed by atoms with Gasteiger partial charge in [-0.15, -0.1) is 11.3 Å². The van der Waals surface area contributed by atoms with Crippen LogP contribution in [0.2, 0.25) is 0 Å². The minimum Gasteiger partial charge on any atom is -0.359 e. The number of hydrogen-bond donors (Lipinski definition) is 2. The number of nitrogens with zero attached hydrogens (tertiary/aromatic N) is 1. The number of alkyl halides is 3. The van der Waals surface area contributed by atoms with Crippen molar-refractivity contribution in [3.05, 3.63) is 41.0 Å². The Morgan fingerprint density at radius 2 is 2.04 bits per heavy atom. The predicted octanol–water partition coefficient (Wildman–Crippen LogP) is 3.75. The molecule has 0 aliphatic rings. The Morgan fingerprint density at radius 3 is 2.65 bits per heavy atom. The second kappa shape index (κ2) is 5.24. The van der Waals surface area contributed by atoms with Gasteiger partial charge in [0.1, 0.15) is 0 Å². The highest BCUT2D eigenvalue weighted by Gasteiger charge is 2.34. The van der Waals surface area contributed by atoms with Gasteiger partial charge in [-0.1, -0.05) is 6.07 Å². The third-order valence-corrected chi connectivity index (χ3v) is 5.80. The van der Waals surface area contributed by atoms with Crippen LogP contribution in [0.4, 0.5) is 18.9 Å². The van der Waals surface area contributed by atoms with Gasteiger partial charge in [0.25, 0.3) is 10.0 Å². The Balaban J connectivity index is 2.14. The third kappa shape index (κ3) is 2.79. The molecule has 5 nitrogen and oxygen atoms in total. The van der Waals surface area contributed by atoms with E-state index in [0.717, 1.165) is 17.5 Å². The molecule has 0 aliphatic carbocycles. The molecule has 23 heavy (non-hydrogen) atoms. The first-order valence-corrected chi connectivity index (χ1v) is 8.66. The second-order valence-electron chi connectivity index (χ2n) is 4.78. The molecule has 0 atom stereocenters. The Morgan fingerprint density at radius 1 is 1.30 bits per heavy atom. The van der Waals surface area contributed by atoms with Crippen molar-refractivity contribution in [2.45, 2.75) is 17.4 Å². The van der Waals surface area contributed by atoms with Crippen LogP contribution in [-0.4, -0.2) is 18.4 Å². The molecule has 3 rings (SSSR count). The van der Waals surface area contributed by atoms with Crippen molar-refractivity contribution in [2.75, 3.05) is 4.72 Å². The summed E-state index contributed by atoms with van der Waals surface area (Å²) < 4.78 is 65.7.